The van der Waals surface area contributed by atoms with Gasteiger partial charge >= 0.3 is 0 Å². The van der Waals surface area contributed by atoms with Crippen LogP contribution < -0.4 is 0 Å². The van der Waals surface area contributed by atoms with Crippen LogP contribution >= 0.6 is 0 Å². The van der Waals surface area contributed by atoms with Gasteiger partial charge < -0.3 is 4.90 Å². The number of ketones is 1. The summed E-state index contributed by atoms with van der Waals surface area (Å²) in [5, 5.41) is 0. The standard InChI is InChI=1S/C16H26N2O/c1-5-18(12-8-11-17(3)4)13-16(19)15-10-7-6-9-14(15)2/h6-7,9-10H,5,8,11-13H2,1-4H3. The molecule has 0 aliphatic carbocycles. The predicted octanol–water partition coefficient (Wildman–Crippen LogP) is 2.45. The van der Waals surface area contributed by atoms with Gasteiger partial charge in [-0.3, -0.25) is 9.69 Å². The van der Waals surface area contributed by atoms with Gasteiger partial charge in [0.2, 0.25) is 0 Å². The van der Waals surface area contributed by atoms with Crippen molar-refractivity contribution >= 4 is 5.78 Å². The molecule has 0 bridgehead atoms. The van der Waals surface area contributed by atoms with Gasteiger partial charge in [-0.25, -0.2) is 0 Å². The minimum absolute atomic E-state index is 0.227. The Labute approximate surface area is 117 Å². The molecule has 0 radical (unpaired) electrons. The molecule has 0 amide bonds. The van der Waals surface area contributed by atoms with Crippen molar-refractivity contribution in [1.82, 2.24) is 9.80 Å². The van der Waals surface area contributed by atoms with E-state index >= 15 is 0 Å². The molecule has 3 heteroatoms. The lowest BCUT2D eigenvalue weighted by atomic mass is 10.0. The Morgan fingerprint density at radius 1 is 1.16 bits per heavy atom. The third-order valence-electron chi connectivity index (χ3n) is 3.34. The van der Waals surface area contributed by atoms with Gasteiger partial charge in [-0.2, -0.15) is 0 Å². The van der Waals surface area contributed by atoms with E-state index in [4.69, 9.17) is 0 Å². The van der Waals surface area contributed by atoms with Crippen LogP contribution in [0.5, 0.6) is 0 Å². The minimum Gasteiger partial charge on any atom is -0.309 e. The zero-order valence-corrected chi connectivity index (χ0v) is 12.6. The van der Waals surface area contributed by atoms with Crippen molar-refractivity contribution < 1.29 is 4.79 Å². The highest BCUT2D eigenvalue weighted by molar-refractivity contribution is 5.98. The molecule has 19 heavy (non-hydrogen) atoms. The lowest BCUT2D eigenvalue weighted by molar-refractivity contribution is 0.0931. The topological polar surface area (TPSA) is 23.6 Å². The molecule has 106 valence electrons. The molecule has 0 fully saturated rings. The van der Waals surface area contributed by atoms with Crippen LogP contribution in [0, 0.1) is 6.92 Å². The Bertz CT molecular complexity index is 401. The number of Topliss-reactive ketones (excluding diaryl/α,β-unsaturated/α-hetero) is 1. The van der Waals surface area contributed by atoms with E-state index in [9.17, 15) is 4.79 Å². The van der Waals surface area contributed by atoms with Crippen molar-refractivity contribution in [3.8, 4) is 0 Å². The lowest BCUT2D eigenvalue weighted by Gasteiger charge is -2.21. The van der Waals surface area contributed by atoms with Gasteiger partial charge in [0, 0.05) is 5.56 Å². The van der Waals surface area contributed by atoms with Gasteiger partial charge in [-0.1, -0.05) is 31.2 Å². The van der Waals surface area contributed by atoms with Crippen LogP contribution in [0.4, 0.5) is 0 Å². The maximum atomic E-state index is 12.3. The predicted molar refractivity (Wildman–Crippen MR) is 80.8 cm³/mol. The molecule has 0 N–H and O–H groups in total. The molecule has 0 saturated heterocycles. The first kappa shape index (κ1) is 15.9. The molecule has 0 aliphatic rings. The van der Waals surface area contributed by atoms with Gasteiger partial charge in [0.15, 0.2) is 5.78 Å². The highest BCUT2D eigenvalue weighted by Gasteiger charge is 2.12. The molecular weight excluding hydrogens is 236 g/mol. The highest BCUT2D eigenvalue weighted by atomic mass is 16.1. The monoisotopic (exact) mass is 262 g/mol. The fraction of sp³-hybridized carbons (Fsp3) is 0.562. The summed E-state index contributed by atoms with van der Waals surface area (Å²) in [4.78, 5) is 16.7. The van der Waals surface area contributed by atoms with Crippen LogP contribution in [-0.2, 0) is 0 Å². The van der Waals surface area contributed by atoms with Gasteiger partial charge in [-0.15, -0.1) is 0 Å². The molecule has 1 rings (SSSR count). The molecule has 0 aliphatic heterocycles. The summed E-state index contributed by atoms with van der Waals surface area (Å²) in [6.45, 7) is 7.59. The molecule has 0 saturated carbocycles. The second kappa shape index (κ2) is 8.08. The third-order valence-corrected chi connectivity index (χ3v) is 3.34. The van der Waals surface area contributed by atoms with Gasteiger partial charge in [0.1, 0.15) is 0 Å². The Morgan fingerprint density at radius 2 is 1.84 bits per heavy atom. The Balaban J connectivity index is 2.51. The molecule has 0 atom stereocenters. The fourth-order valence-corrected chi connectivity index (χ4v) is 2.13. The first-order chi connectivity index (χ1) is 9.04. The number of aryl methyl sites for hydroxylation is 1. The quantitative estimate of drug-likeness (QED) is 0.672. The molecule has 1 aromatic carbocycles. The summed E-state index contributed by atoms with van der Waals surface area (Å²) in [6, 6.07) is 7.82. The third kappa shape index (κ3) is 5.53. The van der Waals surface area contributed by atoms with E-state index in [1.807, 2.05) is 31.2 Å². The number of carbonyl (C=O) groups is 1. The minimum atomic E-state index is 0.227. The van der Waals surface area contributed by atoms with E-state index in [1.54, 1.807) is 0 Å². The molecule has 1 aromatic rings. The van der Waals surface area contributed by atoms with Crippen molar-refractivity contribution in [2.75, 3.05) is 40.3 Å². The molecule has 0 heterocycles. The van der Waals surface area contributed by atoms with Crippen molar-refractivity contribution in [2.45, 2.75) is 20.3 Å². The smallest absolute Gasteiger partial charge is 0.177 e. The Morgan fingerprint density at radius 3 is 2.42 bits per heavy atom. The van der Waals surface area contributed by atoms with E-state index < -0.39 is 0 Å². The van der Waals surface area contributed by atoms with Crippen LogP contribution in [0.25, 0.3) is 0 Å². The van der Waals surface area contributed by atoms with Gasteiger partial charge in [0.05, 0.1) is 6.54 Å². The summed E-state index contributed by atoms with van der Waals surface area (Å²) in [6.07, 6.45) is 1.10. The van der Waals surface area contributed by atoms with E-state index in [1.165, 1.54) is 0 Å². The van der Waals surface area contributed by atoms with Crippen LogP contribution in [0.15, 0.2) is 24.3 Å². The SMILES string of the molecule is CCN(CCCN(C)C)CC(=O)c1ccccc1C. The van der Waals surface area contributed by atoms with E-state index in [2.05, 4.69) is 30.8 Å². The molecule has 0 spiro atoms. The lowest BCUT2D eigenvalue weighted by Crippen LogP contribution is -2.32. The average Bonchev–Trinajstić information content (AvgIpc) is 2.37. The van der Waals surface area contributed by atoms with Crippen molar-refractivity contribution in [2.24, 2.45) is 0 Å². The Kier molecular flexibility index (Phi) is 6.74. The Hall–Kier alpha value is -1.19. The second-order valence-corrected chi connectivity index (χ2v) is 5.26. The van der Waals surface area contributed by atoms with E-state index in [-0.39, 0.29) is 5.78 Å². The first-order valence-electron chi connectivity index (χ1n) is 7.00. The number of likely N-dealkylation sites (N-methyl/N-ethyl adjacent to an activating group) is 1. The number of rotatable bonds is 8. The average molecular weight is 262 g/mol. The zero-order chi connectivity index (χ0) is 14.3. The normalized spacial score (nSPS) is 11.3. The summed E-state index contributed by atoms with van der Waals surface area (Å²) < 4.78 is 0. The summed E-state index contributed by atoms with van der Waals surface area (Å²) in [5.74, 6) is 0.227. The van der Waals surface area contributed by atoms with Gasteiger partial charge in [0.25, 0.3) is 0 Å². The van der Waals surface area contributed by atoms with Crippen molar-refractivity contribution in [3.63, 3.8) is 0 Å². The summed E-state index contributed by atoms with van der Waals surface area (Å²) in [5.41, 5.74) is 1.92. The summed E-state index contributed by atoms with van der Waals surface area (Å²) in [7, 11) is 4.16. The zero-order valence-electron chi connectivity index (χ0n) is 12.6. The van der Waals surface area contributed by atoms with Gasteiger partial charge in [-0.05, 0) is 52.6 Å². The fourth-order valence-electron chi connectivity index (χ4n) is 2.13. The highest BCUT2D eigenvalue weighted by Crippen LogP contribution is 2.09. The van der Waals surface area contributed by atoms with Crippen LogP contribution in [0.1, 0.15) is 29.3 Å². The van der Waals surface area contributed by atoms with E-state index in [0.29, 0.717) is 6.54 Å². The van der Waals surface area contributed by atoms with Crippen molar-refractivity contribution in [1.29, 1.82) is 0 Å². The summed E-state index contributed by atoms with van der Waals surface area (Å²) >= 11 is 0. The maximum Gasteiger partial charge on any atom is 0.177 e. The molecular formula is C16H26N2O. The number of benzene rings is 1. The number of hydrogen-bond donors (Lipinski definition) is 0. The van der Waals surface area contributed by atoms with Crippen LogP contribution in [0.2, 0.25) is 0 Å². The second-order valence-electron chi connectivity index (χ2n) is 5.26. The molecule has 3 nitrogen and oxygen atoms in total. The number of nitrogens with zero attached hydrogens (tertiary/aromatic N) is 2. The van der Waals surface area contributed by atoms with Crippen molar-refractivity contribution in [3.05, 3.63) is 35.4 Å². The maximum absolute atomic E-state index is 12.3. The van der Waals surface area contributed by atoms with E-state index in [0.717, 1.165) is 37.2 Å². The van der Waals surface area contributed by atoms with Crippen LogP contribution in [-0.4, -0.2) is 55.9 Å². The number of carbonyl (C=O) groups excluding carboxylic acids is 1. The molecule has 0 unspecified atom stereocenters. The largest absolute Gasteiger partial charge is 0.309 e. The number of hydrogen-bond acceptors (Lipinski definition) is 3. The van der Waals surface area contributed by atoms with Crippen LogP contribution in [0.3, 0.4) is 0 Å². The molecule has 0 aromatic heterocycles. The first-order valence-corrected chi connectivity index (χ1v) is 7.00.